The molecule has 2 amide bonds. The number of carbonyl (C=O) groups is 2. The second-order valence-electron chi connectivity index (χ2n) is 6.46. The highest BCUT2D eigenvalue weighted by Crippen LogP contribution is 2.11. The molecule has 1 aromatic rings. The maximum absolute atomic E-state index is 12.4. The Morgan fingerprint density at radius 1 is 1.00 bits per heavy atom. The summed E-state index contributed by atoms with van der Waals surface area (Å²) in [5.74, 6) is 0.0761. The lowest BCUT2D eigenvalue weighted by Gasteiger charge is -2.36. The highest BCUT2D eigenvalue weighted by atomic mass is 16.5. The van der Waals surface area contributed by atoms with E-state index in [0.717, 1.165) is 25.9 Å². The van der Waals surface area contributed by atoms with Crippen molar-refractivity contribution in [2.75, 3.05) is 45.8 Å². The van der Waals surface area contributed by atoms with Crippen LogP contribution in [0.1, 0.15) is 29.6 Å². The first kappa shape index (κ1) is 16.7. The summed E-state index contributed by atoms with van der Waals surface area (Å²) in [7, 11) is 0. The molecule has 0 unspecified atom stereocenters. The summed E-state index contributed by atoms with van der Waals surface area (Å²) in [6, 6.07) is 3.23. The number of piperazine rings is 1. The molecule has 0 aromatic carbocycles. The molecule has 2 aliphatic heterocycles. The van der Waals surface area contributed by atoms with E-state index in [4.69, 9.17) is 0 Å². The Labute approximate surface area is 142 Å². The minimum atomic E-state index is -0.123. The Morgan fingerprint density at radius 2 is 1.71 bits per heavy atom. The Kier molecular flexibility index (Phi) is 5.30. The third-order valence-electron chi connectivity index (χ3n) is 4.75. The van der Waals surface area contributed by atoms with Gasteiger partial charge < -0.3 is 15.0 Å². The van der Waals surface area contributed by atoms with Crippen LogP contribution in [0.2, 0.25) is 0 Å². The van der Waals surface area contributed by atoms with Crippen LogP contribution in [-0.4, -0.2) is 72.3 Å². The lowest BCUT2D eigenvalue weighted by atomic mass is 10.1. The monoisotopic (exact) mass is 332 g/mol. The Morgan fingerprint density at radius 3 is 2.38 bits per heavy atom. The van der Waals surface area contributed by atoms with Crippen molar-refractivity contribution in [3.63, 3.8) is 0 Å². The molecule has 1 aromatic heterocycles. The third-order valence-corrected chi connectivity index (χ3v) is 4.75. The number of likely N-dealkylation sites (tertiary alicyclic amines) is 1. The maximum atomic E-state index is 12.4. The van der Waals surface area contributed by atoms with Crippen molar-refractivity contribution in [3.8, 4) is 0 Å². The molecule has 2 aliphatic rings. The summed E-state index contributed by atoms with van der Waals surface area (Å²) in [6.07, 6.45) is 6.08. The number of rotatable bonds is 3. The Hall–Kier alpha value is -2.15. The van der Waals surface area contributed by atoms with Crippen molar-refractivity contribution < 1.29 is 14.3 Å². The summed E-state index contributed by atoms with van der Waals surface area (Å²) in [5.41, 5.74) is 0.408. The molecule has 0 bridgehead atoms. The first-order valence-corrected chi connectivity index (χ1v) is 8.62. The minimum Gasteiger partial charge on any atom is -0.619 e. The molecule has 0 spiro atoms. The topological polar surface area (TPSA) is 70.8 Å². The number of amides is 2. The average molecular weight is 332 g/mol. The van der Waals surface area contributed by atoms with Crippen LogP contribution in [0, 0.1) is 5.21 Å². The molecule has 0 saturated carbocycles. The number of carbonyl (C=O) groups excluding carboxylic acids is 2. The summed E-state index contributed by atoms with van der Waals surface area (Å²) in [5, 5.41) is 11.3. The highest BCUT2D eigenvalue weighted by molar-refractivity contribution is 5.93. The van der Waals surface area contributed by atoms with Crippen LogP contribution in [0.4, 0.5) is 0 Å². The fourth-order valence-corrected chi connectivity index (χ4v) is 3.31. The molecule has 0 radical (unpaired) electrons. The normalized spacial score (nSPS) is 19.3. The van der Waals surface area contributed by atoms with Gasteiger partial charge in [-0.2, -0.15) is 4.73 Å². The van der Waals surface area contributed by atoms with Gasteiger partial charge in [-0.1, -0.05) is 0 Å². The standard InChI is InChI=1S/C17H24N4O3/c22-16(19-6-2-1-3-7-19)14-18-9-11-20(12-10-18)17(23)15-5-4-8-21(24)13-15/h4-5,8,13H,1-3,6-7,9-12,14H2. The van der Waals surface area contributed by atoms with E-state index in [-0.39, 0.29) is 11.8 Å². The molecule has 7 heteroatoms. The van der Waals surface area contributed by atoms with E-state index in [1.54, 1.807) is 17.0 Å². The number of pyridine rings is 1. The SMILES string of the molecule is O=C(CN1CCN(C(=O)c2ccc[n+]([O-])c2)CC1)N1CCCCC1. The van der Waals surface area contributed by atoms with Gasteiger partial charge in [-0.05, 0) is 25.3 Å². The molecule has 3 heterocycles. The van der Waals surface area contributed by atoms with E-state index in [0.29, 0.717) is 43.0 Å². The molecule has 0 N–H and O–H groups in total. The zero-order chi connectivity index (χ0) is 16.9. The van der Waals surface area contributed by atoms with Gasteiger partial charge in [0, 0.05) is 45.3 Å². The zero-order valence-corrected chi connectivity index (χ0v) is 13.9. The van der Waals surface area contributed by atoms with Crippen molar-refractivity contribution in [2.24, 2.45) is 0 Å². The quantitative estimate of drug-likeness (QED) is 0.581. The van der Waals surface area contributed by atoms with Gasteiger partial charge in [-0.3, -0.25) is 14.5 Å². The van der Waals surface area contributed by atoms with Crippen LogP contribution in [0.5, 0.6) is 0 Å². The third kappa shape index (κ3) is 4.03. The van der Waals surface area contributed by atoms with Crippen molar-refractivity contribution in [1.29, 1.82) is 0 Å². The molecule has 0 aliphatic carbocycles. The summed E-state index contributed by atoms with van der Waals surface area (Å²) in [4.78, 5) is 30.5. The van der Waals surface area contributed by atoms with Crippen molar-refractivity contribution >= 4 is 11.8 Å². The number of nitrogens with zero attached hydrogens (tertiary/aromatic N) is 4. The van der Waals surface area contributed by atoms with E-state index in [9.17, 15) is 14.8 Å². The predicted octanol–water partition coefficient (Wildman–Crippen LogP) is 0.0903. The molecule has 24 heavy (non-hydrogen) atoms. The number of hydrogen-bond acceptors (Lipinski definition) is 4. The zero-order valence-electron chi connectivity index (χ0n) is 13.9. The van der Waals surface area contributed by atoms with Gasteiger partial charge in [-0.15, -0.1) is 0 Å². The molecule has 2 saturated heterocycles. The molecule has 3 rings (SSSR count). The van der Waals surface area contributed by atoms with E-state index in [1.165, 1.54) is 18.8 Å². The van der Waals surface area contributed by atoms with Crippen LogP contribution in [0.25, 0.3) is 0 Å². The van der Waals surface area contributed by atoms with Crippen LogP contribution in [0.15, 0.2) is 24.5 Å². The van der Waals surface area contributed by atoms with Gasteiger partial charge in [-0.25, -0.2) is 0 Å². The second kappa shape index (κ2) is 7.61. The van der Waals surface area contributed by atoms with Crippen LogP contribution < -0.4 is 4.73 Å². The Balaban J connectivity index is 1.48. The lowest BCUT2D eigenvalue weighted by Crippen LogP contribution is -2.52. The number of aromatic nitrogens is 1. The number of piperidine rings is 1. The minimum absolute atomic E-state index is 0.123. The number of hydrogen-bond donors (Lipinski definition) is 0. The van der Waals surface area contributed by atoms with Crippen molar-refractivity contribution in [2.45, 2.75) is 19.3 Å². The largest absolute Gasteiger partial charge is 0.619 e. The molecule has 2 fully saturated rings. The van der Waals surface area contributed by atoms with E-state index in [2.05, 4.69) is 4.90 Å². The Bertz CT molecular complexity index is 593. The first-order valence-electron chi connectivity index (χ1n) is 8.62. The highest BCUT2D eigenvalue weighted by Gasteiger charge is 2.26. The fraction of sp³-hybridized carbons (Fsp3) is 0.588. The predicted molar refractivity (Wildman–Crippen MR) is 88.2 cm³/mol. The summed E-state index contributed by atoms with van der Waals surface area (Å²) >= 11 is 0. The molecule has 0 atom stereocenters. The second-order valence-corrected chi connectivity index (χ2v) is 6.46. The van der Waals surface area contributed by atoms with Crippen molar-refractivity contribution in [1.82, 2.24) is 14.7 Å². The average Bonchev–Trinajstić information content (AvgIpc) is 2.62. The van der Waals surface area contributed by atoms with Crippen LogP contribution in [0.3, 0.4) is 0 Å². The van der Waals surface area contributed by atoms with Crippen LogP contribution >= 0.6 is 0 Å². The fourth-order valence-electron chi connectivity index (χ4n) is 3.31. The van der Waals surface area contributed by atoms with Crippen LogP contribution in [-0.2, 0) is 4.79 Å². The van der Waals surface area contributed by atoms with Crippen molar-refractivity contribution in [3.05, 3.63) is 35.3 Å². The van der Waals surface area contributed by atoms with Gasteiger partial charge in [0.1, 0.15) is 5.56 Å². The molecule has 130 valence electrons. The maximum Gasteiger partial charge on any atom is 0.260 e. The van der Waals surface area contributed by atoms with Gasteiger partial charge in [0.2, 0.25) is 5.91 Å². The van der Waals surface area contributed by atoms with Gasteiger partial charge in [0.25, 0.3) is 5.91 Å². The lowest BCUT2D eigenvalue weighted by molar-refractivity contribution is -0.605. The van der Waals surface area contributed by atoms with E-state index in [1.807, 2.05) is 4.90 Å². The smallest absolute Gasteiger partial charge is 0.260 e. The summed E-state index contributed by atoms with van der Waals surface area (Å²) in [6.45, 7) is 4.74. The van der Waals surface area contributed by atoms with E-state index < -0.39 is 0 Å². The first-order chi connectivity index (χ1) is 11.6. The molecule has 7 nitrogen and oxygen atoms in total. The molecular formula is C17H24N4O3. The van der Waals surface area contributed by atoms with Gasteiger partial charge in [0.15, 0.2) is 12.4 Å². The van der Waals surface area contributed by atoms with Gasteiger partial charge in [0.05, 0.1) is 6.54 Å². The van der Waals surface area contributed by atoms with E-state index >= 15 is 0 Å². The molecular weight excluding hydrogens is 308 g/mol. The van der Waals surface area contributed by atoms with Gasteiger partial charge >= 0.3 is 0 Å². The summed E-state index contributed by atoms with van der Waals surface area (Å²) < 4.78 is 0.640.